The molecule has 10 nitrogen and oxygen atoms in total. The van der Waals surface area contributed by atoms with Crippen LogP contribution in [-0.2, 0) is 21.9 Å². The predicted octanol–water partition coefficient (Wildman–Crippen LogP) is 7.39. The fraction of sp³-hybridized carbons (Fsp3) is 0.118. The SMILES string of the molecule is Cc1ccccc1COc1ccc(/C(O)=C2\C(=O)C(=O)N(c3nnc(SCc4ccccc4F)s3)C2c2ccc([N+](=O)[O-])cc2)cc1. The Morgan fingerprint density at radius 3 is 2.34 bits per heavy atom. The van der Waals surface area contributed by atoms with E-state index in [2.05, 4.69) is 10.2 Å². The number of ketones is 1. The first-order chi connectivity index (χ1) is 22.7. The highest BCUT2D eigenvalue weighted by molar-refractivity contribution is 8.00. The third-order valence-electron chi connectivity index (χ3n) is 7.56. The number of Topliss-reactive ketones (excluding diaryl/α,β-unsaturated/α-hetero) is 1. The number of nitro benzene ring substituents is 1. The predicted molar refractivity (Wildman–Crippen MR) is 176 cm³/mol. The van der Waals surface area contributed by atoms with Gasteiger partial charge in [0.15, 0.2) is 4.34 Å². The molecule has 0 spiro atoms. The van der Waals surface area contributed by atoms with Crippen LogP contribution in [0.3, 0.4) is 0 Å². The van der Waals surface area contributed by atoms with Crippen LogP contribution in [0.1, 0.15) is 33.9 Å². The second-order valence-electron chi connectivity index (χ2n) is 10.5. The molecule has 236 valence electrons. The fourth-order valence-electron chi connectivity index (χ4n) is 5.03. The zero-order chi connectivity index (χ0) is 33.1. The lowest BCUT2D eigenvalue weighted by atomic mass is 9.95. The van der Waals surface area contributed by atoms with Crippen molar-refractivity contribution in [1.29, 1.82) is 0 Å². The van der Waals surface area contributed by atoms with E-state index in [1.54, 1.807) is 42.5 Å². The van der Waals surface area contributed by atoms with E-state index in [0.717, 1.165) is 27.4 Å². The Bertz CT molecular complexity index is 2010. The van der Waals surface area contributed by atoms with Crippen molar-refractivity contribution in [2.75, 3.05) is 4.90 Å². The van der Waals surface area contributed by atoms with Crippen LogP contribution in [-0.4, -0.2) is 31.9 Å². The molecule has 0 aliphatic carbocycles. The quantitative estimate of drug-likeness (QED) is 0.0307. The number of nitro groups is 1. The highest BCUT2D eigenvalue weighted by Crippen LogP contribution is 2.44. The number of thioether (sulfide) groups is 1. The molecule has 1 aliphatic rings. The van der Waals surface area contributed by atoms with Crippen LogP contribution in [0, 0.1) is 22.9 Å². The van der Waals surface area contributed by atoms with Gasteiger partial charge >= 0.3 is 5.91 Å². The summed E-state index contributed by atoms with van der Waals surface area (Å²) in [5.41, 5.74) is 2.77. The minimum Gasteiger partial charge on any atom is -0.507 e. The number of aliphatic hydroxyl groups excluding tert-OH is 1. The minimum absolute atomic E-state index is 0.0745. The Hall–Kier alpha value is -5.40. The molecule has 1 N–H and O–H groups in total. The number of carbonyl (C=O) groups excluding carboxylic acids is 2. The molecule has 47 heavy (non-hydrogen) atoms. The van der Waals surface area contributed by atoms with E-state index in [1.807, 2.05) is 31.2 Å². The van der Waals surface area contributed by atoms with Gasteiger partial charge in [-0.05, 0) is 71.6 Å². The molecule has 0 saturated carbocycles. The van der Waals surface area contributed by atoms with E-state index in [0.29, 0.717) is 27.8 Å². The zero-order valence-corrected chi connectivity index (χ0v) is 26.3. The van der Waals surface area contributed by atoms with Crippen LogP contribution in [0.5, 0.6) is 5.75 Å². The first-order valence-electron chi connectivity index (χ1n) is 14.2. The van der Waals surface area contributed by atoms with Crippen molar-refractivity contribution in [1.82, 2.24) is 10.2 Å². The lowest BCUT2D eigenvalue weighted by molar-refractivity contribution is -0.384. The van der Waals surface area contributed by atoms with E-state index in [9.17, 15) is 29.2 Å². The second-order valence-corrected chi connectivity index (χ2v) is 12.7. The van der Waals surface area contributed by atoms with Gasteiger partial charge in [-0.3, -0.25) is 24.6 Å². The molecule has 6 rings (SSSR count). The third-order valence-corrected chi connectivity index (χ3v) is 9.66. The summed E-state index contributed by atoms with van der Waals surface area (Å²) in [6.07, 6.45) is 0. The van der Waals surface area contributed by atoms with Gasteiger partial charge in [0.25, 0.3) is 11.5 Å². The Labute approximate surface area is 276 Å². The average molecular weight is 669 g/mol. The van der Waals surface area contributed by atoms with Gasteiger partial charge in [-0.1, -0.05) is 65.6 Å². The van der Waals surface area contributed by atoms with Crippen LogP contribution in [0.15, 0.2) is 107 Å². The number of hydrogen-bond donors (Lipinski definition) is 1. The van der Waals surface area contributed by atoms with Gasteiger partial charge in [0.1, 0.15) is 23.9 Å². The zero-order valence-electron chi connectivity index (χ0n) is 24.7. The lowest BCUT2D eigenvalue weighted by Gasteiger charge is -2.22. The lowest BCUT2D eigenvalue weighted by Crippen LogP contribution is -2.29. The molecule has 1 fully saturated rings. The summed E-state index contributed by atoms with van der Waals surface area (Å²) in [7, 11) is 0. The van der Waals surface area contributed by atoms with Crippen LogP contribution in [0.4, 0.5) is 15.2 Å². The largest absolute Gasteiger partial charge is 0.507 e. The van der Waals surface area contributed by atoms with E-state index in [4.69, 9.17) is 4.74 Å². The van der Waals surface area contributed by atoms with Crippen LogP contribution in [0.25, 0.3) is 5.76 Å². The number of aromatic nitrogens is 2. The van der Waals surface area contributed by atoms with E-state index in [1.165, 1.54) is 42.1 Å². The molecule has 1 aliphatic heterocycles. The molecule has 5 aromatic rings. The van der Waals surface area contributed by atoms with Crippen molar-refractivity contribution in [3.63, 3.8) is 0 Å². The van der Waals surface area contributed by atoms with Gasteiger partial charge in [-0.15, -0.1) is 10.2 Å². The molecule has 1 amide bonds. The number of ether oxygens (including phenoxy) is 1. The topological polar surface area (TPSA) is 136 Å². The third kappa shape index (κ3) is 6.62. The van der Waals surface area contributed by atoms with Gasteiger partial charge in [0, 0.05) is 23.4 Å². The highest BCUT2D eigenvalue weighted by atomic mass is 32.2. The van der Waals surface area contributed by atoms with Crippen LogP contribution in [0.2, 0.25) is 0 Å². The Balaban J connectivity index is 1.32. The van der Waals surface area contributed by atoms with Crippen molar-refractivity contribution >= 4 is 51.4 Å². The maximum atomic E-state index is 14.1. The van der Waals surface area contributed by atoms with E-state index in [-0.39, 0.29) is 33.5 Å². The highest BCUT2D eigenvalue weighted by Gasteiger charge is 2.48. The van der Waals surface area contributed by atoms with E-state index >= 15 is 0 Å². The first kappa shape index (κ1) is 31.6. The smallest absolute Gasteiger partial charge is 0.301 e. The molecule has 1 atom stereocenters. The monoisotopic (exact) mass is 668 g/mol. The summed E-state index contributed by atoms with van der Waals surface area (Å²) in [5.74, 6) is -1.91. The molecule has 1 saturated heterocycles. The Morgan fingerprint density at radius 1 is 0.979 bits per heavy atom. The van der Waals surface area contributed by atoms with Gasteiger partial charge in [-0.2, -0.15) is 0 Å². The number of anilines is 1. The summed E-state index contributed by atoms with van der Waals surface area (Å²) in [5, 5.41) is 31.2. The summed E-state index contributed by atoms with van der Waals surface area (Å²) in [6, 6.07) is 24.8. The number of nitrogens with zero attached hydrogens (tertiary/aromatic N) is 4. The summed E-state index contributed by atoms with van der Waals surface area (Å²) in [4.78, 5) is 39.0. The number of hydrogen-bond acceptors (Lipinski definition) is 10. The summed E-state index contributed by atoms with van der Waals surface area (Å²) in [6.45, 7) is 2.33. The number of aliphatic hydroxyl groups is 1. The molecule has 13 heteroatoms. The second kappa shape index (κ2) is 13.5. The molecule has 0 radical (unpaired) electrons. The fourth-order valence-corrected chi connectivity index (χ4v) is 6.89. The molecule has 0 bridgehead atoms. The van der Waals surface area contributed by atoms with Gasteiger partial charge < -0.3 is 9.84 Å². The first-order valence-corrected chi connectivity index (χ1v) is 16.0. The molecule has 1 aromatic heterocycles. The number of aryl methyl sites for hydroxylation is 1. The van der Waals surface area contributed by atoms with Gasteiger partial charge in [0.2, 0.25) is 5.13 Å². The maximum Gasteiger partial charge on any atom is 0.301 e. The van der Waals surface area contributed by atoms with Crippen molar-refractivity contribution in [2.24, 2.45) is 0 Å². The standard InChI is InChI=1S/C34H25FN4O6S2/c1-20-6-2-3-7-23(20)18-45-26-16-12-22(13-17-26)30(40)28-29(21-10-14-25(15-11-21)39(43)44)38(32(42)31(28)41)33-36-37-34(47-33)46-19-24-8-4-5-9-27(24)35/h2-17,29,40H,18-19H2,1H3/b30-28+. The number of rotatable bonds is 10. The Kier molecular flexibility index (Phi) is 9.09. The van der Waals surface area contributed by atoms with Crippen molar-refractivity contribution in [2.45, 2.75) is 29.7 Å². The van der Waals surface area contributed by atoms with Gasteiger partial charge in [-0.25, -0.2) is 4.39 Å². The van der Waals surface area contributed by atoms with E-state index < -0.39 is 28.4 Å². The van der Waals surface area contributed by atoms with Gasteiger partial charge in [0.05, 0.1) is 16.5 Å². The number of benzene rings is 4. The number of carbonyl (C=O) groups is 2. The molecule has 1 unspecified atom stereocenters. The van der Waals surface area contributed by atoms with Crippen LogP contribution < -0.4 is 9.64 Å². The van der Waals surface area contributed by atoms with Crippen molar-refractivity contribution in [3.05, 3.63) is 146 Å². The molecule has 4 aromatic carbocycles. The summed E-state index contributed by atoms with van der Waals surface area (Å²) >= 11 is 2.24. The molecule has 2 heterocycles. The number of halogens is 1. The Morgan fingerprint density at radius 2 is 1.66 bits per heavy atom. The van der Waals surface area contributed by atoms with Crippen LogP contribution >= 0.6 is 23.1 Å². The average Bonchev–Trinajstić information content (AvgIpc) is 3.65. The molecular weight excluding hydrogens is 644 g/mol. The van der Waals surface area contributed by atoms with Crippen molar-refractivity contribution in [3.8, 4) is 5.75 Å². The number of amides is 1. The minimum atomic E-state index is -1.16. The van der Waals surface area contributed by atoms with Crippen molar-refractivity contribution < 1.29 is 28.7 Å². The summed E-state index contributed by atoms with van der Waals surface area (Å²) < 4.78 is 20.5. The maximum absolute atomic E-state index is 14.1. The molecular formula is C34H25FN4O6S2. The normalized spacial score (nSPS) is 15.6. The number of non-ortho nitro benzene ring substituents is 1.